The molecule has 1 amide bonds. The number of ether oxygens (including phenoxy) is 2. The first-order valence-corrected chi connectivity index (χ1v) is 12.0. The molecule has 0 bridgehead atoms. The fourth-order valence-corrected chi connectivity index (χ4v) is 5.43. The molecule has 0 spiro atoms. The Bertz CT molecular complexity index is 1290. The number of aromatic nitrogens is 2. The third-order valence-electron chi connectivity index (χ3n) is 5.26. The molecule has 2 aromatic carbocycles. The number of hydrogen-bond donors (Lipinski definition) is 1. The van der Waals surface area contributed by atoms with Crippen molar-refractivity contribution in [3.8, 4) is 22.6 Å². The lowest BCUT2D eigenvalue weighted by Gasteiger charge is -2.13. The maximum absolute atomic E-state index is 12.8. The number of carbonyl (C=O) groups excluding carboxylic acids is 1. The average molecular weight is 464 g/mol. The summed E-state index contributed by atoms with van der Waals surface area (Å²) in [6.07, 6.45) is 1.57. The van der Waals surface area contributed by atoms with Crippen LogP contribution in [-0.4, -0.2) is 27.9 Å². The highest BCUT2D eigenvalue weighted by Gasteiger charge is 2.20. The molecule has 0 saturated carbocycles. The van der Waals surface area contributed by atoms with Gasteiger partial charge in [-0.1, -0.05) is 47.7 Å². The van der Waals surface area contributed by atoms with Crippen molar-refractivity contribution in [1.29, 1.82) is 0 Å². The van der Waals surface area contributed by atoms with Crippen molar-refractivity contribution < 1.29 is 14.3 Å². The minimum atomic E-state index is -0.312. The maximum atomic E-state index is 12.8. The van der Waals surface area contributed by atoms with E-state index in [2.05, 4.69) is 51.9 Å². The molecule has 6 nitrogen and oxygen atoms in total. The van der Waals surface area contributed by atoms with Gasteiger partial charge in [-0.2, -0.15) is 0 Å². The first-order chi connectivity index (χ1) is 15.6. The van der Waals surface area contributed by atoms with E-state index < -0.39 is 0 Å². The summed E-state index contributed by atoms with van der Waals surface area (Å²) in [6.45, 7) is 4.63. The lowest BCUT2D eigenvalue weighted by molar-refractivity contribution is -0.120. The summed E-state index contributed by atoms with van der Waals surface area (Å²) in [7, 11) is 0. The zero-order valence-corrected chi connectivity index (χ0v) is 19.3. The van der Waals surface area contributed by atoms with E-state index in [-0.39, 0.29) is 18.0 Å². The van der Waals surface area contributed by atoms with Crippen molar-refractivity contribution in [2.45, 2.75) is 30.7 Å². The number of fused-ring (bicyclic) bond motifs is 2. The number of rotatable bonds is 6. The fraction of sp³-hybridized carbons (Fsp3) is 0.208. The Labute approximate surface area is 194 Å². The van der Waals surface area contributed by atoms with Crippen LogP contribution in [-0.2, 0) is 11.3 Å². The summed E-state index contributed by atoms with van der Waals surface area (Å²) in [6, 6.07) is 14.1. The van der Waals surface area contributed by atoms with Crippen molar-refractivity contribution in [3.63, 3.8) is 0 Å². The summed E-state index contributed by atoms with van der Waals surface area (Å²) < 4.78 is 10.7. The molecule has 1 aliphatic rings. The molecule has 1 N–H and O–H groups in total. The zero-order valence-electron chi connectivity index (χ0n) is 17.6. The number of thioether (sulfide) groups is 1. The van der Waals surface area contributed by atoms with Gasteiger partial charge in [0.15, 0.2) is 11.5 Å². The van der Waals surface area contributed by atoms with Crippen molar-refractivity contribution in [2.24, 2.45) is 0 Å². The zero-order chi connectivity index (χ0) is 22.1. The number of hydrogen-bond acceptors (Lipinski definition) is 7. The van der Waals surface area contributed by atoms with Crippen LogP contribution in [0.4, 0.5) is 0 Å². The van der Waals surface area contributed by atoms with E-state index in [1.54, 1.807) is 17.7 Å². The average Bonchev–Trinajstić information content (AvgIpc) is 3.45. The highest BCUT2D eigenvalue weighted by atomic mass is 32.2. The van der Waals surface area contributed by atoms with E-state index in [1.807, 2.05) is 25.1 Å². The highest BCUT2D eigenvalue weighted by Crippen LogP contribution is 2.39. The Morgan fingerprint density at radius 1 is 1.16 bits per heavy atom. The van der Waals surface area contributed by atoms with Crippen LogP contribution in [0.3, 0.4) is 0 Å². The molecular formula is C24H21N3O3S2. The van der Waals surface area contributed by atoms with Crippen LogP contribution in [0.25, 0.3) is 21.3 Å². The van der Waals surface area contributed by atoms with Crippen LogP contribution in [0.1, 0.15) is 18.1 Å². The van der Waals surface area contributed by atoms with Crippen LogP contribution < -0.4 is 14.8 Å². The van der Waals surface area contributed by atoms with Gasteiger partial charge in [-0.05, 0) is 37.1 Å². The van der Waals surface area contributed by atoms with Gasteiger partial charge >= 0.3 is 0 Å². The monoisotopic (exact) mass is 463 g/mol. The first kappa shape index (κ1) is 20.8. The van der Waals surface area contributed by atoms with Crippen LogP contribution in [0.2, 0.25) is 0 Å². The summed E-state index contributed by atoms with van der Waals surface area (Å²) >= 11 is 3.04. The Morgan fingerprint density at radius 2 is 1.97 bits per heavy atom. The molecule has 0 radical (unpaired) electrons. The van der Waals surface area contributed by atoms with Gasteiger partial charge in [-0.15, -0.1) is 11.3 Å². The number of carbonyl (C=O) groups is 1. The summed E-state index contributed by atoms with van der Waals surface area (Å²) in [5, 5.41) is 6.62. The molecule has 0 aliphatic carbocycles. The Kier molecular flexibility index (Phi) is 5.71. The number of benzene rings is 2. The second-order valence-corrected chi connectivity index (χ2v) is 9.73. The molecule has 2 aromatic heterocycles. The minimum absolute atomic E-state index is 0.0495. The summed E-state index contributed by atoms with van der Waals surface area (Å²) in [5.74, 6) is 1.40. The standard InChI is InChI=1S/C24H21N3O3S2/c1-14-3-6-17(7-4-14)18-11-31-23-21(18)24(27-12-26-23)32-15(2)22(28)25-10-16-5-8-19-20(9-16)30-13-29-19/h3-9,11-12,15H,10,13H2,1-2H3,(H,25,28)/t15-/m0/s1. The van der Waals surface area contributed by atoms with Gasteiger partial charge < -0.3 is 14.8 Å². The van der Waals surface area contributed by atoms with E-state index in [1.165, 1.54) is 17.3 Å². The molecular weight excluding hydrogens is 442 g/mol. The third kappa shape index (κ3) is 4.16. The SMILES string of the molecule is Cc1ccc(-c2csc3ncnc(S[C@@H](C)C(=O)NCc4ccc5c(c4)OCO5)c23)cc1. The van der Waals surface area contributed by atoms with Gasteiger partial charge in [0.1, 0.15) is 16.2 Å². The lowest BCUT2D eigenvalue weighted by atomic mass is 10.1. The second kappa shape index (κ2) is 8.80. The highest BCUT2D eigenvalue weighted by molar-refractivity contribution is 8.00. The molecule has 1 atom stereocenters. The van der Waals surface area contributed by atoms with E-state index in [0.717, 1.165) is 37.7 Å². The topological polar surface area (TPSA) is 73.3 Å². The predicted octanol–water partition coefficient (Wildman–Crippen LogP) is 5.19. The van der Waals surface area contributed by atoms with Crippen molar-refractivity contribution >= 4 is 39.2 Å². The van der Waals surface area contributed by atoms with E-state index in [4.69, 9.17) is 9.47 Å². The van der Waals surface area contributed by atoms with Gasteiger partial charge in [-0.25, -0.2) is 9.97 Å². The number of nitrogens with zero attached hydrogens (tertiary/aromatic N) is 2. The van der Waals surface area contributed by atoms with Gasteiger partial charge in [0, 0.05) is 17.5 Å². The molecule has 32 heavy (non-hydrogen) atoms. The predicted molar refractivity (Wildman–Crippen MR) is 127 cm³/mol. The quantitative estimate of drug-likeness (QED) is 0.313. The normalized spacial score (nSPS) is 13.3. The van der Waals surface area contributed by atoms with Crippen molar-refractivity contribution in [1.82, 2.24) is 15.3 Å². The molecule has 0 unspecified atom stereocenters. The Hall–Kier alpha value is -3.10. The van der Waals surface area contributed by atoms with E-state index >= 15 is 0 Å². The van der Waals surface area contributed by atoms with E-state index in [0.29, 0.717) is 12.3 Å². The molecule has 1 aliphatic heterocycles. The van der Waals surface area contributed by atoms with Crippen molar-refractivity contribution in [3.05, 3.63) is 65.3 Å². The number of aryl methyl sites for hydroxylation is 1. The third-order valence-corrected chi connectivity index (χ3v) is 7.25. The Balaban J connectivity index is 1.32. The summed E-state index contributed by atoms with van der Waals surface area (Å²) in [4.78, 5) is 22.7. The van der Waals surface area contributed by atoms with E-state index in [9.17, 15) is 4.79 Å². The molecule has 0 fully saturated rings. The Morgan fingerprint density at radius 3 is 2.81 bits per heavy atom. The van der Waals surface area contributed by atoms with Gasteiger partial charge in [0.25, 0.3) is 0 Å². The maximum Gasteiger partial charge on any atom is 0.233 e. The number of thiophene rings is 1. The molecule has 5 rings (SSSR count). The van der Waals surface area contributed by atoms with Crippen molar-refractivity contribution in [2.75, 3.05) is 6.79 Å². The summed E-state index contributed by atoms with van der Waals surface area (Å²) in [5.41, 5.74) is 4.40. The second-order valence-electron chi connectivity index (χ2n) is 7.54. The van der Waals surface area contributed by atoms with Crippen LogP contribution in [0.15, 0.2) is 59.2 Å². The molecule has 4 aromatic rings. The fourth-order valence-electron chi connectivity index (χ4n) is 3.49. The van der Waals surface area contributed by atoms with Crippen LogP contribution >= 0.6 is 23.1 Å². The minimum Gasteiger partial charge on any atom is -0.454 e. The smallest absolute Gasteiger partial charge is 0.233 e. The van der Waals surface area contributed by atoms with Gasteiger partial charge in [-0.3, -0.25) is 4.79 Å². The number of amides is 1. The largest absolute Gasteiger partial charge is 0.454 e. The first-order valence-electron chi connectivity index (χ1n) is 10.2. The van der Waals surface area contributed by atoms with Gasteiger partial charge in [0.2, 0.25) is 12.7 Å². The molecule has 0 saturated heterocycles. The lowest BCUT2D eigenvalue weighted by Crippen LogP contribution is -2.30. The van der Waals surface area contributed by atoms with Gasteiger partial charge in [0.05, 0.1) is 10.6 Å². The number of nitrogens with one attached hydrogen (secondary N) is 1. The molecule has 162 valence electrons. The molecule has 8 heteroatoms. The van der Waals surface area contributed by atoms with Crippen LogP contribution in [0, 0.1) is 6.92 Å². The van der Waals surface area contributed by atoms with Crippen LogP contribution in [0.5, 0.6) is 11.5 Å². The molecule has 3 heterocycles.